The molecule has 0 aromatic heterocycles. The summed E-state index contributed by atoms with van der Waals surface area (Å²) in [6.45, 7) is 5.83. The number of ketones is 1. The van der Waals surface area contributed by atoms with Gasteiger partial charge in [-0.3, -0.25) is 4.79 Å². The quantitative estimate of drug-likeness (QED) is 0.711. The van der Waals surface area contributed by atoms with Crippen LogP contribution in [-0.4, -0.2) is 39.9 Å². The molecule has 2 aliphatic carbocycles. The summed E-state index contributed by atoms with van der Waals surface area (Å²) in [4.78, 5) is 23.4. The fourth-order valence-corrected chi connectivity index (χ4v) is 4.65. The fraction of sp³-hybridized carbons (Fsp3) is 0.933. The Labute approximate surface area is 119 Å². The van der Waals surface area contributed by atoms with Crippen LogP contribution in [0.3, 0.4) is 0 Å². The summed E-state index contributed by atoms with van der Waals surface area (Å²) in [7, 11) is 0. The molecule has 3 rings (SSSR count). The van der Waals surface area contributed by atoms with Crippen molar-refractivity contribution in [3.8, 4) is 0 Å². The van der Waals surface area contributed by atoms with Gasteiger partial charge in [-0.05, 0) is 38.0 Å². The van der Waals surface area contributed by atoms with Crippen molar-refractivity contribution in [2.24, 2.45) is 10.8 Å². The average Bonchev–Trinajstić information content (AvgIpc) is 2.42. The Morgan fingerprint density at radius 1 is 1.25 bits per heavy atom. The molecule has 0 amide bonds. The van der Waals surface area contributed by atoms with Crippen molar-refractivity contribution in [1.29, 1.82) is 0 Å². The molecule has 1 spiro atoms. The van der Waals surface area contributed by atoms with Crippen LogP contribution < -0.4 is 0 Å². The molecule has 5 heteroatoms. The van der Waals surface area contributed by atoms with E-state index in [4.69, 9.17) is 9.78 Å². The van der Waals surface area contributed by atoms with Gasteiger partial charge in [-0.1, -0.05) is 13.8 Å². The first-order valence-electron chi connectivity index (χ1n) is 7.42. The van der Waals surface area contributed by atoms with E-state index in [1.165, 1.54) is 0 Å². The number of aliphatic hydroxyl groups is 2. The van der Waals surface area contributed by atoms with Gasteiger partial charge < -0.3 is 10.2 Å². The van der Waals surface area contributed by atoms with Gasteiger partial charge in [0.05, 0.1) is 6.61 Å². The van der Waals surface area contributed by atoms with Gasteiger partial charge in [0.15, 0.2) is 11.4 Å². The fourth-order valence-electron chi connectivity index (χ4n) is 4.65. The third-order valence-corrected chi connectivity index (χ3v) is 6.44. The highest BCUT2D eigenvalue weighted by atomic mass is 17.2. The molecule has 0 radical (unpaired) electrons. The zero-order valence-electron chi connectivity index (χ0n) is 12.4. The molecule has 0 aromatic carbocycles. The summed E-state index contributed by atoms with van der Waals surface area (Å²) >= 11 is 0. The zero-order chi connectivity index (χ0) is 14.8. The first kappa shape index (κ1) is 14.4. The van der Waals surface area contributed by atoms with E-state index in [9.17, 15) is 15.0 Å². The van der Waals surface area contributed by atoms with Crippen LogP contribution in [0.5, 0.6) is 0 Å². The van der Waals surface area contributed by atoms with Crippen molar-refractivity contribution in [3.63, 3.8) is 0 Å². The lowest BCUT2D eigenvalue weighted by molar-refractivity contribution is -0.468. The maximum Gasteiger partial charge on any atom is 0.168 e. The number of Topliss-reactive ketones (excluding diaryl/α,β-unsaturated/α-hetero) is 1. The summed E-state index contributed by atoms with van der Waals surface area (Å²) in [5.41, 5.74) is -2.60. The van der Waals surface area contributed by atoms with Gasteiger partial charge in [0.25, 0.3) is 0 Å². The lowest BCUT2D eigenvalue weighted by Gasteiger charge is -2.65. The molecule has 1 saturated heterocycles. The monoisotopic (exact) mass is 284 g/mol. The minimum Gasteiger partial charge on any atom is -0.393 e. The zero-order valence-corrected chi connectivity index (χ0v) is 12.4. The normalized spacial score (nSPS) is 50.6. The van der Waals surface area contributed by atoms with E-state index in [0.717, 1.165) is 6.42 Å². The third kappa shape index (κ3) is 1.49. The number of carbonyl (C=O) groups excluding carboxylic acids is 1. The van der Waals surface area contributed by atoms with Crippen LogP contribution in [0, 0.1) is 10.8 Å². The van der Waals surface area contributed by atoms with E-state index in [1.807, 2.05) is 6.92 Å². The van der Waals surface area contributed by atoms with Gasteiger partial charge in [0.1, 0.15) is 11.7 Å². The Hall–Kier alpha value is -0.490. The van der Waals surface area contributed by atoms with Crippen molar-refractivity contribution in [1.82, 2.24) is 0 Å². The Balaban J connectivity index is 2.06. The lowest BCUT2D eigenvalue weighted by Crippen LogP contribution is -2.72. The summed E-state index contributed by atoms with van der Waals surface area (Å²) < 4.78 is 0. The first-order valence-corrected chi connectivity index (χ1v) is 7.42. The second kappa shape index (κ2) is 4.03. The summed E-state index contributed by atoms with van der Waals surface area (Å²) in [5, 5.41) is 19.9. The number of hydrogen-bond acceptors (Lipinski definition) is 5. The highest BCUT2D eigenvalue weighted by Crippen LogP contribution is 2.65. The van der Waals surface area contributed by atoms with Crippen LogP contribution in [0.2, 0.25) is 0 Å². The van der Waals surface area contributed by atoms with E-state index in [2.05, 4.69) is 13.8 Å². The standard InChI is InChI=1S/C15H24O5/c1-12(2)5-4-10(17)13(3)15(12)7-6-14(18,9-16)11(8-15)19-20-13/h11,16,18H,4-9H2,1-3H3/t11-,13-,14+,15+/m1/s1. The van der Waals surface area contributed by atoms with Crippen molar-refractivity contribution in [3.05, 3.63) is 0 Å². The molecule has 2 bridgehead atoms. The topological polar surface area (TPSA) is 76.0 Å². The van der Waals surface area contributed by atoms with Crippen LogP contribution in [0.25, 0.3) is 0 Å². The molecule has 0 unspecified atom stereocenters. The number of fused-ring (bicyclic) bond motifs is 1. The first-order chi connectivity index (χ1) is 9.21. The highest BCUT2D eigenvalue weighted by molar-refractivity contribution is 5.89. The van der Waals surface area contributed by atoms with Gasteiger partial charge in [0, 0.05) is 11.8 Å². The average molecular weight is 284 g/mol. The number of rotatable bonds is 1. The van der Waals surface area contributed by atoms with Crippen LogP contribution in [0.1, 0.15) is 52.9 Å². The van der Waals surface area contributed by atoms with Crippen molar-refractivity contribution >= 4 is 5.78 Å². The van der Waals surface area contributed by atoms with Crippen molar-refractivity contribution in [2.45, 2.75) is 70.2 Å². The molecular weight excluding hydrogens is 260 g/mol. The molecule has 3 fully saturated rings. The summed E-state index contributed by atoms with van der Waals surface area (Å²) in [5.74, 6) is 0.0877. The molecule has 3 aliphatic rings. The van der Waals surface area contributed by atoms with Crippen LogP contribution in [0.4, 0.5) is 0 Å². The Morgan fingerprint density at radius 2 is 1.95 bits per heavy atom. The summed E-state index contributed by atoms with van der Waals surface area (Å²) in [6, 6.07) is 0. The van der Waals surface area contributed by atoms with Crippen molar-refractivity contribution in [2.75, 3.05) is 6.61 Å². The SMILES string of the molecule is CC1(C)CCC(=O)[C@@]2(C)OO[C@@H]3C[C@@]12CC[C@]3(O)CO. The number of aliphatic hydroxyl groups excluding tert-OH is 1. The molecule has 2 saturated carbocycles. The largest absolute Gasteiger partial charge is 0.393 e. The predicted molar refractivity (Wildman–Crippen MR) is 70.7 cm³/mol. The minimum absolute atomic E-state index is 0.0610. The van der Waals surface area contributed by atoms with Gasteiger partial charge in [-0.25, -0.2) is 9.78 Å². The van der Waals surface area contributed by atoms with Gasteiger partial charge in [-0.15, -0.1) is 0 Å². The van der Waals surface area contributed by atoms with E-state index in [0.29, 0.717) is 25.7 Å². The Kier molecular flexibility index (Phi) is 2.91. The molecule has 114 valence electrons. The number of hydrogen-bond donors (Lipinski definition) is 2. The Morgan fingerprint density at radius 3 is 2.60 bits per heavy atom. The molecule has 20 heavy (non-hydrogen) atoms. The maximum absolute atomic E-state index is 12.4. The second-order valence-electron chi connectivity index (χ2n) is 7.56. The summed E-state index contributed by atoms with van der Waals surface area (Å²) in [6.07, 6.45) is 2.42. The van der Waals surface area contributed by atoms with Crippen LogP contribution in [-0.2, 0) is 14.6 Å². The molecular formula is C15H24O5. The van der Waals surface area contributed by atoms with Crippen LogP contribution in [0.15, 0.2) is 0 Å². The smallest absolute Gasteiger partial charge is 0.168 e. The van der Waals surface area contributed by atoms with Crippen LogP contribution >= 0.6 is 0 Å². The van der Waals surface area contributed by atoms with Gasteiger partial charge in [0.2, 0.25) is 0 Å². The van der Waals surface area contributed by atoms with Gasteiger partial charge in [-0.2, -0.15) is 0 Å². The number of carbonyl (C=O) groups is 1. The predicted octanol–water partition coefficient (Wildman–Crippen LogP) is 1.36. The van der Waals surface area contributed by atoms with E-state index in [-0.39, 0.29) is 23.2 Å². The highest BCUT2D eigenvalue weighted by Gasteiger charge is 2.70. The minimum atomic E-state index is -1.26. The maximum atomic E-state index is 12.4. The van der Waals surface area contributed by atoms with Crippen molar-refractivity contribution < 1.29 is 24.8 Å². The van der Waals surface area contributed by atoms with E-state index < -0.39 is 17.3 Å². The molecule has 1 aliphatic heterocycles. The van der Waals surface area contributed by atoms with E-state index in [1.54, 1.807) is 0 Å². The second-order valence-corrected chi connectivity index (χ2v) is 7.56. The molecule has 4 atom stereocenters. The van der Waals surface area contributed by atoms with Gasteiger partial charge >= 0.3 is 0 Å². The lowest BCUT2D eigenvalue weighted by atomic mass is 9.44. The molecule has 5 nitrogen and oxygen atoms in total. The van der Waals surface area contributed by atoms with E-state index >= 15 is 0 Å². The third-order valence-electron chi connectivity index (χ3n) is 6.44. The Bertz CT molecular complexity index is 448. The molecule has 1 heterocycles. The molecule has 0 aromatic rings. The molecule has 2 N–H and O–H groups in total.